The zero-order chi connectivity index (χ0) is 43.7. The van der Waals surface area contributed by atoms with E-state index >= 15 is 0 Å². The number of aliphatic carboxylic acids is 1. The predicted octanol–water partition coefficient (Wildman–Crippen LogP) is 9.42. The van der Waals surface area contributed by atoms with Crippen molar-refractivity contribution in [2.45, 2.75) is 58.0 Å². The van der Waals surface area contributed by atoms with Crippen LogP contribution in [0.1, 0.15) is 55.5 Å². The molecule has 1 aromatic heterocycles. The van der Waals surface area contributed by atoms with Gasteiger partial charge in [-0.3, -0.25) is 14.6 Å². The number of nitrogens with zero attached hydrogens (tertiary/aromatic N) is 2. The van der Waals surface area contributed by atoms with Gasteiger partial charge in [0.2, 0.25) is 5.91 Å². The molecule has 3 atom stereocenters. The van der Waals surface area contributed by atoms with Gasteiger partial charge in [-0.1, -0.05) is 65.7 Å². The summed E-state index contributed by atoms with van der Waals surface area (Å²) in [6.45, 7) is 4.23. The summed E-state index contributed by atoms with van der Waals surface area (Å²) in [6, 6.07) is 25.3. The van der Waals surface area contributed by atoms with Crippen molar-refractivity contribution in [1.82, 2.24) is 15.2 Å². The maximum Gasteiger partial charge on any atom is 0.326 e. The molecule has 2 aliphatic heterocycles. The normalized spacial score (nSPS) is 15.9. The molecule has 2 amide bonds. The second kappa shape index (κ2) is 17.8. The van der Waals surface area contributed by atoms with Gasteiger partial charge in [0.25, 0.3) is 5.91 Å². The van der Waals surface area contributed by atoms with E-state index in [4.69, 9.17) is 37.4 Å². The van der Waals surface area contributed by atoms with E-state index in [1.54, 1.807) is 42.6 Å². The summed E-state index contributed by atoms with van der Waals surface area (Å²) in [6.07, 6.45) is 1.15. The Labute approximate surface area is 366 Å². The molecule has 2 aliphatic rings. The third kappa shape index (κ3) is 9.21. The quantitative estimate of drug-likeness (QED) is 0.132. The van der Waals surface area contributed by atoms with E-state index in [1.807, 2.05) is 62.4 Å². The van der Waals surface area contributed by atoms with Crippen molar-refractivity contribution in [3.63, 3.8) is 0 Å². The lowest BCUT2D eigenvalue weighted by atomic mass is 9.91. The number of fused-ring (bicyclic) bond motifs is 2. The molecule has 1 unspecified atom stereocenters. The van der Waals surface area contributed by atoms with Crippen LogP contribution in [0.15, 0.2) is 109 Å². The first-order valence-electron chi connectivity index (χ1n) is 19.7. The Hall–Kier alpha value is -6.50. The minimum atomic E-state index is -1.36. The van der Waals surface area contributed by atoms with Crippen LogP contribution in [0.3, 0.4) is 0 Å². The molecule has 5 aromatic carbocycles. The largest absolute Gasteiger partial charge is 0.489 e. The number of halogens is 4. The third-order valence-electron chi connectivity index (χ3n) is 11.1. The van der Waals surface area contributed by atoms with Gasteiger partial charge in [0.05, 0.1) is 10.0 Å². The van der Waals surface area contributed by atoms with E-state index in [-0.39, 0.29) is 38.2 Å². The van der Waals surface area contributed by atoms with Gasteiger partial charge in [-0.05, 0) is 113 Å². The molecule has 62 heavy (non-hydrogen) atoms. The zero-order valence-corrected chi connectivity index (χ0v) is 35.0. The highest BCUT2D eigenvalue weighted by molar-refractivity contribution is 6.42. The molecule has 0 spiro atoms. The standard InChI is InChI=1S/C48H39Cl2F2N3O7/c1-26-27(2)53-14-13-38(26)30-6-3-28(4-7-30)16-41(48(58)59)54-46(56)42-19-32-20-43-44(21-34(32)23-55(42)47(57)33-17-35(51)22-36(52)18-33)62-45(25-61-43)31-8-10-37(11-9-31)60-24-29-5-12-39(49)40(50)15-29/h3-15,17-18,20-22,41-42,45H,16,19,23-25H2,1-2H3,(H,54,56)(H,58,59)/t41?,42-,45+/m0/s1. The van der Waals surface area contributed by atoms with Crippen LogP contribution in [-0.4, -0.2) is 51.5 Å². The van der Waals surface area contributed by atoms with Gasteiger partial charge in [-0.2, -0.15) is 0 Å². The maximum absolute atomic E-state index is 14.4. The molecule has 0 saturated heterocycles. The number of carboxylic acids is 1. The fraction of sp³-hybridized carbons (Fsp3) is 0.208. The number of carboxylic acid groups (broad SMARTS) is 1. The molecule has 6 aromatic rings. The van der Waals surface area contributed by atoms with Crippen LogP contribution < -0.4 is 19.5 Å². The van der Waals surface area contributed by atoms with Crippen molar-refractivity contribution in [2.75, 3.05) is 6.61 Å². The van der Waals surface area contributed by atoms with Gasteiger partial charge in [-0.25, -0.2) is 13.6 Å². The average Bonchev–Trinajstić information content (AvgIpc) is 3.26. The van der Waals surface area contributed by atoms with Crippen LogP contribution in [-0.2, 0) is 35.6 Å². The smallest absolute Gasteiger partial charge is 0.326 e. The molecule has 3 heterocycles. The number of aryl methyl sites for hydroxylation is 1. The van der Waals surface area contributed by atoms with Gasteiger partial charge in [0.15, 0.2) is 17.6 Å². The van der Waals surface area contributed by atoms with Crippen molar-refractivity contribution in [1.29, 1.82) is 0 Å². The molecule has 0 bridgehead atoms. The van der Waals surface area contributed by atoms with Crippen molar-refractivity contribution >= 4 is 41.0 Å². The molecule has 316 valence electrons. The first kappa shape index (κ1) is 42.2. The molecule has 0 aliphatic carbocycles. The Morgan fingerprint density at radius 1 is 0.871 bits per heavy atom. The summed E-state index contributed by atoms with van der Waals surface area (Å²) in [5.74, 6) is -3.30. The number of benzene rings is 5. The Balaban J connectivity index is 1.00. The van der Waals surface area contributed by atoms with Crippen molar-refractivity contribution in [2.24, 2.45) is 0 Å². The number of carbonyl (C=O) groups is 3. The average molecular weight is 879 g/mol. The number of nitrogens with one attached hydrogen (secondary N) is 1. The van der Waals surface area contributed by atoms with Crippen LogP contribution in [0.5, 0.6) is 17.2 Å². The molecule has 2 N–H and O–H groups in total. The fourth-order valence-corrected chi connectivity index (χ4v) is 7.98. The number of hydrogen-bond acceptors (Lipinski definition) is 7. The monoisotopic (exact) mass is 877 g/mol. The van der Waals surface area contributed by atoms with Gasteiger partial charge in [0, 0.05) is 42.9 Å². The minimum Gasteiger partial charge on any atom is -0.489 e. The summed E-state index contributed by atoms with van der Waals surface area (Å²) in [4.78, 5) is 46.3. The molecule has 0 radical (unpaired) electrons. The van der Waals surface area contributed by atoms with Crippen LogP contribution >= 0.6 is 23.2 Å². The van der Waals surface area contributed by atoms with E-state index in [9.17, 15) is 28.3 Å². The topological polar surface area (TPSA) is 127 Å². The first-order valence-corrected chi connectivity index (χ1v) is 20.5. The Morgan fingerprint density at radius 2 is 1.58 bits per heavy atom. The Kier molecular flexibility index (Phi) is 12.1. The third-order valence-corrected chi connectivity index (χ3v) is 11.9. The lowest BCUT2D eigenvalue weighted by Crippen LogP contribution is -2.56. The highest BCUT2D eigenvalue weighted by atomic mass is 35.5. The second-order valence-corrected chi connectivity index (χ2v) is 16.1. The summed E-state index contributed by atoms with van der Waals surface area (Å²) < 4.78 is 47.3. The van der Waals surface area contributed by atoms with Crippen LogP contribution in [0, 0.1) is 25.5 Å². The Morgan fingerprint density at radius 3 is 2.29 bits per heavy atom. The number of rotatable bonds is 11. The van der Waals surface area contributed by atoms with Gasteiger partial charge >= 0.3 is 5.97 Å². The summed E-state index contributed by atoms with van der Waals surface area (Å²) >= 11 is 12.2. The molecule has 0 saturated carbocycles. The maximum atomic E-state index is 14.4. The first-order chi connectivity index (χ1) is 29.8. The van der Waals surface area contributed by atoms with E-state index < -0.39 is 47.6 Å². The Bertz CT molecular complexity index is 2680. The number of aromatic nitrogens is 1. The number of ether oxygens (including phenoxy) is 3. The van der Waals surface area contributed by atoms with E-state index in [2.05, 4.69) is 10.3 Å². The second-order valence-electron chi connectivity index (χ2n) is 15.3. The van der Waals surface area contributed by atoms with E-state index in [1.165, 1.54) is 4.90 Å². The van der Waals surface area contributed by atoms with Gasteiger partial charge < -0.3 is 29.5 Å². The number of carbonyl (C=O) groups excluding carboxylic acids is 2. The SMILES string of the molecule is Cc1nccc(-c2ccc(CC(NC(=O)[C@@H]3Cc4cc5c(cc4CN3C(=O)c3cc(F)cc(F)c3)O[C@@H](c3ccc(OCc4ccc(Cl)c(Cl)c4)cc3)CO5)C(=O)O)cc2)c1C. The van der Waals surface area contributed by atoms with Crippen LogP contribution in [0.2, 0.25) is 10.0 Å². The summed E-state index contributed by atoms with van der Waals surface area (Å²) in [5.41, 5.74) is 7.17. The number of pyridine rings is 1. The van der Waals surface area contributed by atoms with Gasteiger partial charge in [0.1, 0.15) is 42.7 Å². The fourth-order valence-electron chi connectivity index (χ4n) is 7.66. The van der Waals surface area contributed by atoms with Crippen molar-refractivity contribution < 1.29 is 42.5 Å². The molecule has 8 rings (SSSR count). The molecule has 0 fully saturated rings. The van der Waals surface area contributed by atoms with Crippen LogP contribution in [0.4, 0.5) is 8.78 Å². The van der Waals surface area contributed by atoms with E-state index in [0.717, 1.165) is 45.6 Å². The number of hydrogen-bond donors (Lipinski definition) is 2. The molecular weight excluding hydrogens is 839 g/mol. The predicted molar refractivity (Wildman–Crippen MR) is 229 cm³/mol. The molecular formula is C48H39Cl2F2N3O7. The molecule has 14 heteroatoms. The lowest BCUT2D eigenvalue weighted by Gasteiger charge is -2.37. The van der Waals surface area contributed by atoms with Crippen molar-refractivity contribution in [3.8, 4) is 28.4 Å². The van der Waals surface area contributed by atoms with Crippen LogP contribution in [0.25, 0.3) is 11.1 Å². The number of amides is 2. The molecule has 10 nitrogen and oxygen atoms in total. The van der Waals surface area contributed by atoms with Gasteiger partial charge in [-0.15, -0.1) is 0 Å². The lowest BCUT2D eigenvalue weighted by molar-refractivity contribution is -0.142. The minimum absolute atomic E-state index is 0.0415. The highest BCUT2D eigenvalue weighted by Crippen LogP contribution is 2.41. The summed E-state index contributed by atoms with van der Waals surface area (Å²) in [7, 11) is 0. The summed E-state index contributed by atoms with van der Waals surface area (Å²) in [5, 5.41) is 13.8. The van der Waals surface area contributed by atoms with Crippen molar-refractivity contribution in [3.05, 3.63) is 176 Å². The zero-order valence-electron chi connectivity index (χ0n) is 33.5. The van der Waals surface area contributed by atoms with E-state index in [0.29, 0.717) is 50.1 Å². The highest BCUT2D eigenvalue weighted by Gasteiger charge is 2.38.